The second-order valence-electron chi connectivity index (χ2n) is 3.80. The van der Waals surface area contributed by atoms with Crippen LogP contribution in [0, 0.1) is 0 Å². The number of benzene rings is 2. The minimum atomic E-state index is 0. The Hall–Kier alpha value is -1.80. The second kappa shape index (κ2) is 6.06. The fourth-order valence-corrected chi connectivity index (χ4v) is 1.62. The highest BCUT2D eigenvalue weighted by molar-refractivity contribution is 5.37. The van der Waals surface area contributed by atoms with Gasteiger partial charge in [-0.25, -0.2) is 0 Å². The summed E-state index contributed by atoms with van der Waals surface area (Å²) < 4.78 is 5.87. The van der Waals surface area contributed by atoms with E-state index in [1.807, 2.05) is 48.5 Å². The number of ether oxygens (including phenoxy) is 1. The van der Waals surface area contributed by atoms with Gasteiger partial charge in [-0.3, -0.25) is 0 Å². The lowest BCUT2D eigenvalue weighted by Crippen LogP contribution is -2.12. The third-order valence-electron chi connectivity index (χ3n) is 2.51. The quantitative estimate of drug-likeness (QED) is 0.841. The molecule has 2 nitrogen and oxygen atoms in total. The highest BCUT2D eigenvalue weighted by atomic mass is 16.5. The molecule has 90 valence electrons. The van der Waals surface area contributed by atoms with Gasteiger partial charge in [0.25, 0.3) is 0 Å². The van der Waals surface area contributed by atoms with Crippen LogP contribution in [0.2, 0.25) is 0 Å². The molecule has 0 unspecified atom stereocenters. The first kappa shape index (κ1) is 11.7. The van der Waals surface area contributed by atoms with Gasteiger partial charge in [-0.05, 0) is 24.7 Å². The Labute approximate surface area is 104 Å². The van der Waals surface area contributed by atoms with Crippen LogP contribution in [0.15, 0.2) is 54.6 Å². The van der Waals surface area contributed by atoms with Crippen LogP contribution >= 0.6 is 0 Å². The zero-order chi connectivity index (χ0) is 11.9. The lowest BCUT2D eigenvalue weighted by atomic mass is 10.2. The van der Waals surface area contributed by atoms with Crippen molar-refractivity contribution in [1.29, 1.82) is 0 Å². The van der Waals surface area contributed by atoms with Gasteiger partial charge >= 0.3 is 0 Å². The van der Waals surface area contributed by atoms with Gasteiger partial charge in [0, 0.05) is 13.5 Å². The van der Waals surface area contributed by atoms with Gasteiger partial charge < -0.3 is 10.1 Å². The van der Waals surface area contributed by atoms with Gasteiger partial charge in [-0.2, -0.15) is 0 Å². The van der Waals surface area contributed by atoms with Crippen molar-refractivity contribution in [2.45, 2.75) is 13.5 Å². The fraction of sp³-hybridized carbons (Fsp3) is 0.200. The molecule has 0 heterocycles. The van der Waals surface area contributed by atoms with Crippen molar-refractivity contribution in [3.05, 3.63) is 60.2 Å². The summed E-state index contributed by atoms with van der Waals surface area (Å²) in [5, 5.41) is 3.31. The lowest BCUT2D eigenvalue weighted by molar-refractivity contribution is 0.473. The molecular formula is C15H19NO. The van der Waals surface area contributed by atoms with Crippen molar-refractivity contribution in [3.63, 3.8) is 0 Å². The summed E-state index contributed by atoms with van der Waals surface area (Å²) in [7, 11) is 0. The lowest BCUT2D eigenvalue weighted by Gasteiger charge is -2.11. The van der Waals surface area contributed by atoms with Crippen molar-refractivity contribution >= 4 is 0 Å². The van der Waals surface area contributed by atoms with E-state index >= 15 is 0 Å². The minimum Gasteiger partial charge on any atom is -0.457 e. The molecule has 0 amide bonds. The van der Waals surface area contributed by atoms with Gasteiger partial charge in [0.15, 0.2) is 0 Å². The van der Waals surface area contributed by atoms with Crippen LogP contribution in [0.3, 0.4) is 0 Å². The van der Waals surface area contributed by atoms with E-state index < -0.39 is 0 Å². The fourth-order valence-electron chi connectivity index (χ4n) is 1.62. The molecule has 0 aromatic heterocycles. The Bertz CT molecular complexity index is 459. The predicted molar refractivity (Wildman–Crippen MR) is 72.5 cm³/mol. The summed E-state index contributed by atoms with van der Waals surface area (Å²) in [6.45, 7) is 3.89. The zero-order valence-electron chi connectivity index (χ0n) is 10.0. The summed E-state index contributed by atoms with van der Waals surface area (Å²) in [6, 6.07) is 18.0. The number of nitrogens with one attached hydrogen (secondary N) is 1. The molecule has 1 N–H and O–H groups in total. The van der Waals surface area contributed by atoms with Crippen molar-refractivity contribution in [2.24, 2.45) is 0 Å². The maximum absolute atomic E-state index is 5.87. The third kappa shape index (κ3) is 3.33. The van der Waals surface area contributed by atoms with Crippen molar-refractivity contribution in [2.75, 3.05) is 6.54 Å². The van der Waals surface area contributed by atoms with E-state index in [0.29, 0.717) is 0 Å². The molecule has 0 saturated heterocycles. The van der Waals surface area contributed by atoms with E-state index in [4.69, 9.17) is 4.74 Å². The first-order valence-corrected chi connectivity index (χ1v) is 5.91. The molecule has 0 atom stereocenters. The first-order chi connectivity index (χ1) is 8.40. The Morgan fingerprint density at radius 3 is 2.47 bits per heavy atom. The molecule has 0 bridgehead atoms. The standard InChI is InChI=1S/C15H17NO.H2/c1-2-16-12-13-8-6-7-11-15(13)17-14-9-4-3-5-10-14;/h3-11,16H,2,12H2,1H3;1H. The summed E-state index contributed by atoms with van der Waals surface area (Å²) in [6.07, 6.45) is 0. The molecule has 0 fully saturated rings. The summed E-state index contributed by atoms with van der Waals surface area (Å²) >= 11 is 0. The summed E-state index contributed by atoms with van der Waals surface area (Å²) in [5.74, 6) is 1.79. The Morgan fingerprint density at radius 1 is 1.00 bits per heavy atom. The monoisotopic (exact) mass is 229 g/mol. The molecule has 0 aliphatic rings. The third-order valence-corrected chi connectivity index (χ3v) is 2.51. The molecule has 0 aliphatic carbocycles. The van der Waals surface area contributed by atoms with Crippen LogP contribution in [-0.2, 0) is 6.54 Å². The molecule has 17 heavy (non-hydrogen) atoms. The van der Waals surface area contributed by atoms with Gasteiger partial charge in [-0.15, -0.1) is 0 Å². The van der Waals surface area contributed by atoms with Crippen LogP contribution in [0.4, 0.5) is 0 Å². The van der Waals surface area contributed by atoms with Crippen LogP contribution < -0.4 is 10.1 Å². The van der Waals surface area contributed by atoms with Gasteiger partial charge in [0.05, 0.1) is 0 Å². The molecule has 0 aliphatic heterocycles. The van der Waals surface area contributed by atoms with Crippen LogP contribution in [-0.4, -0.2) is 6.54 Å². The molecule has 0 saturated carbocycles. The predicted octanol–water partition coefficient (Wildman–Crippen LogP) is 3.83. The Kier molecular flexibility index (Phi) is 4.17. The highest BCUT2D eigenvalue weighted by Crippen LogP contribution is 2.24. The number of hydrogen-bond acceptors (Lipinski definition) is 2. The molecule has 2 heteroatoms. The average Bonchev–Trinajstić information content (AvgIpc) is 2.39. The minimum absolute atomic E-state index is 0. The molecular weight excluding hydrogens is 210 g/mol. The molecule has 0 spiro atoms. The van der Waals surface area contributed by atoms with Crippen LogP contribution in [0.5, 0.6) is 11.5 Å². The number of hydrogen-bond donors (Lipinski definition) is 1. The van der Waals surface area contributed by atoms with E-state index in [-0.39, 0.29) is 1.43 Å². The average molecular weight is 229 g/mol. The number of para-hydroxylation sites is 2. The number of rotatable bonds is 5. The summed E-state index contributed by atoms with van der Waals surface area (Å²) in [5.41, 5.74) is 1.18. The normalized spacial score (nSPS) is 10.2. The largest absolute Gasteiger partial charge is 0.457 e. The summed E-state index contributed by atoms with van der Waals surface area (Å²) in [4.78, 5) is 0. The van der Waals surface area contributed by atoms with Crippen molar-refractivity contribution < 1.29 is 6.16 Å². The van der Waals surface area contributed by atoms with E-state index in [0.717, 1.165) is 24.6 Å². The highest BCUT2D eigenvalue weighted by Gasteiger charge is 2.02. The maximum atomic E-state index is 5.87. The van der Waals surface area contributed by atoms with Crippen molar-refractivity contribution in [3.8, 4) is 11.5 Å². The first-order valence-electron chi connectivity index (χ1n) is 5.91. The van der Waals surface area contributed by atoms with E-state index in [2.05, 4.69) is 18.3 Å². The Balaban J connectivity index is 0.00000162. The van der Waals surface area contributed by atoms with Crippen LogP contribution in [0.1, 0.15) is 13.9 Å². The maximum Gasteiger partial charge on any atom is 0.131 e. The van der Waals surface area contributed by atoms with Crippen LogP contribution in [0.25, 0.3) is 0 Å². The van der Waals surface area contributed by atoms with Gasteiger partial charge in [-0.1, -0.05) is 43.3 Å². The SMILES string of the molecule is CCNCc1ccccc1Oc1ccccc1.[HH]. The van der Waals surface area contributed by atoms with E-state index in [1.54, 1.807) is 0 Å². The van der Waals surface area contributed by atoms with E-state index in [9.17, 15) is 0 Å². The molecule has 2 rings (SSSR count). The van der Waals surface area contributed by atoms with Crippen molar-refractivity contribution in [1.82, 2.24) is 5.32 Å². The Morgan fingerprint density at radius 2 is 1.71 bits per heavy atom. The molecule has 2 aromatic rings. The molecule has 0 radical (unpaired) electrons. The topological polar surface area (TPSA) is 21.3 Å². The van der Waals surface area contributed by atoms with Gasteiger partial charge in [0.1, 0.15) is 11.5 Å². The van der Waals surface area contributed by atoms with Gasteiger partial charge in [0.2, 0.25) is 0 Å². The second-order valence-corrected chi connectivity index (χ2v) is 3.80. The van der Waals surface area contributed by atoms with E-state index in [1.165, 1.54) is 5.56 Å². The zero-order valence-corrected chi connectivity index (χ0v) is 10.0. The molecule has 2 aromatic carbocycles. The smallest absolute Gasteiger partial charge is 0.131 e.